The molecule has 2 saturated heterocycles. The number of hydrogen-bond acceptors (Lipinski definition) is 4. The molecule has 0 aromatic heterocycles. The van der Waals surface area contributed by atoms with Crippen LogP contribution in [0.4, 0.5) is 0 Å². The fourth-order valence-corrected chi connectivity index (χ4v) is 2.87. The Morgan fingerprint density at radius 3 is 2.43 bits per heavy atom. The molecule has 6 heteroatoms. The average Bonchev–Trinajstić information content (AvgIpc) is 2.80. The molecule has 2 rings (SSSR count). The van der Waals surface area contributed by atoms with Gasteiger partial charge < -0.3 is 20.7 Å². The van der Waals surface area contributed by atoms with E-state index in [0.29, 0.717) is 26.3 Å². The monoisotopic (exact) mass is 297 g/mol. The number of nitrogens with two attached hydrogens (primary N) is 1. The molecule has 120 valence electrons. The van der Waals surface area contributed by atoms with Gasteiger partial charge in [-0.25, -0.2) is 0 Å². The third-order valence-corrected chi connectivity index (χ3v) is 4.66. The molecule has 0 bridgehead atoms. The smallest absolute Gasteiger partial charge is 0.232 e. The summed E-state index contributed by atoms with van der Waals surface area (Å²) in [6.45, 7) is 7.85. The topological polar surface area (TPSA) is 84.7 Å². The molecule has 2 heterocycles. The quantitative estimate of drug-likeness (QED) is 0.774. The number of carbonyl (C=O) groups excluding carboxylic acids is 2. The van der Waals surface area contributed by atoms with E-state index < -0.39 is 5.41 Å². The van der Waals surface area contributed by atoms with Gasteiger partial charge in [-0.2, -0.15) is 0 Å². The van der Waals surface area contributed by atoms with Crippen LogP contribution >= 0.6 is 0 Å². The van der Waals surface area contributed by atoms with Gasteiger partial charge in [0.25, 0.3) is 0 Å². The Kier molecular flexibility index (Phi) is 4.88. The SMILES string of the molecule is CC(C)C(=O)NC1CCN(C(=O)C2(C)COCC2N)CC1. The Labute approximate surface area is 126 Å². The largest absolute Gasteiger partial charge is 0.379 e. The number of hydrogen-bond donors (Lipinski definition) is 2. The van der Waals surface area contributed by atoms with Crippen LogP contribution in [0.15, 0.2) is 0 Å². The minimum absolute atomic E-state index is 0.00258. The fraction of sp³-hybridized carbons (Fsp3) is 0.867. The molecule has 2 unspecified atom stereocenters. The predicted octanol–water partition coefficient (Wildman–Crippen LogP) is 0.113. The van der Waals surface area contributed by atoms with Gasteiger partial charge in [0.2, 0.25) is 11.8 Å². The third-order valence-electron chi connectivity index (χ3n) is 4.66. The lowest BCUT2D eigenvalue weighted by Gasteiger charge is -2.38. The van der Waals surface area contributed by atoms with E-state index in [2.05, 4.69) is 5.32 Å². The van der Waals surface area contributed by atoms with E-state index >= 15 is 0 Å². The van der Waals surface area contributed by atoms with E-state index in [-0.39, 0.29) is 29.8 Å². The van der Waals surface area contributed by atoms with E-state index in [1.807, 2.05) is 25.7 Å². The number of carbonyl (C=O) groups is 2. The Bertz CT molecular complexity index is 405. The van der Waals surface area contributed by atoms with Crippen LogP contribution in [0, 0.1) is 11.3 Å². The molecule has 2 atom stereocenters. The normalized spacial score (nSPS) is 30.7. The second-order valence-corrected chi connectivity index (χ2v) is 6.77. The van der Waals surface area contributed by atoms with Crippen molar-refractivity contribution in [2.75, 3.05) is 26.3 Å². The molecule has 0 radical (unpaired) electrons. The van der Waals surface area contributed by atoms with E-state index in [4.69, 9.17) is 10.5 Å². The summed E-state index contributed by atoms with van der Waals surface area (Å²) in [5, 5.41) is 3.04. The van der Waals surface area contributed by atoms with Crippen molar-refractivity contribution in [1.29, 1.82) is 0 Å². The Hall–Kier alpha value is -1.14. The van der Waals surface area contributed by atoms with Crippen molar-refractivity contribution in [2.24, 2.45) is 17.1 Å². The minimum Gasteiger partial charge on any atom is -0.379 e. The Balaban J connectivity index is 1.86. The van der Waals surface area contributed by atoms with Crippen molar-refractivity contribution >= 4 is 11.8 Å². The molecule has 6 nitrogen and oxygen atoms in total. The Morgan fingerprint density at radius 2 is 1.95 bits per heavy atom. The standard InChI is InChI=1S/C15H27N3O3/c1-10(2)13(19)17-11-4-6-18(7-5-11)14(20)15(3)9-21-8-12(15)16/h10-12H,4-9,16H2,1-3H3,(H,17,19). The molecule has 3 N–H and O–H groups in total. The molecule has 2 aliphatic heterocycles. The maximum absolute atomic E-state index is 12.6. The molecule has 2 fully saturated rings. The lowest BCUT2D eigenvalue weighted by atomic mass is 9.83. The van der Waals surface area contributed by atoms with Crippen LogP contribution in [-0.4, -0.2) is 55.1 Å². The van der Waals surface area contributed by atoms with Crippen LogP contribution in [0.3, 0.4) is 0 Å². The number of nitrogens with zero attached hydrogens (tertiary/aromatic N) is 1. The molecule has 0 aliphatic carbocycles. The molecule has 0 aromatic carbocycles. The van der Waals surface area contributed by atoms with Crippen LogP contribution in [0.5, 0.6) is 0 Å². The van der Waals surface area contributed by atoms with Crippen molar-refractivity contribution in [3.63, 3.8) is 0 Å². The first-order valence-electron chi connectivity index (χ1n) is 7.77. The van der Waals surface area contributed by atoms with Crippen molar-refractivity contribution in [3.8, 4) is 0 Å². The number of rotatable bonds is 3. The summed E-state index contributed by atoms with van der Waals surface area (Å²) in [6.07, 6.45) is 1.60. The maximum Gasteiger partial charge on any atom is 0.232 e. The van der Waals surface area contributed by atoms with E-state index in [1.54, 1.807) is 0 Å². The highest BCUT2D eigenvalue weighted by molar-refractivity contribution is 5.84. The summed E-state index contributed by atoms with van der Waals surface area (Å²) in [5.41, 5.74) is 5.41. The van der Waals surface area contributed by atoms with Gasteiger partial charge in [0.15, 0.2) is 0 Å². The van der Waals surface area contributed by atoms with E-state index in [1.165, 1.54) is 0 Å². The summed E-state index contributed by atoms with van der Waals surface area (Å²) < 4.78 is 5.35. The molecule has 0 spiro atoms. The van der Waals surface area contributed by atoms with Gasteiger partial charge >= 0.3 is 0 Å². The molecular weight excluding hydrogens is 270 g/mol. The van der Waals surface area contributed by atoms with Gasteiger partial charge in [-0.1, -0.05) is 13.8 Å². The molecule has 0 saturated carbocycles. The lowest BCUT2D eigenvalue weighted by molar-refractivity contribution is -0.143. The highest BCUT2D eigenvalue weighted by Gasteiger charge is 2.46. The minimum atomic E-state index is -0.603. The zero-order valence-electron chi connectivity index (χ0n) is 13.2. The van der Waals surface area contributed by atoms with Crippen LogP contribution < -0.4 is 11.1 Å². The third kappa shape index (κ3) is 3.37. The summed E-state index contributed by atoms with van der Waals surface area (Å²) >= 11 is 0. The van der Waals surface area contributed by atoms with Crippen molar-refractivity contribution in [1.82, 2.24) is 10.2 Å². The fourth-order valence-electron chi connectivity index (χ4n) is 2.87. The van der Waals surface area contributed by atoms with Gasteiger partial charge in [0.05, 0.1) is 18.6 Å². The van der Waals surface area contributed by atoms with Crippen LogP contribution in [0.2, 0.25) is 0 Å². The van der Waals surface area contributed by atoms with Crippen molar-refractivity contribution in [2.45, 2.75) is 45.7 Å². The van der Waals surface area contributed by atoms with Crippen LogP contribution in [0.1, 0.15) is 33.6 Å². The lowest BCUT2D eigenvalue weighted by Crippen LogP contribution is -2.55. The molecule has 2 aliphatic rings. The summed E-state index contributed by atoms with van der Waals surface area (Å²) in [4.78, 5) is 26.2. The molecule has 21 heavy (non-hydrogen) atoms. The predicted molar refractivity (Wildman–Crippen MR) is 79.5 cm³/mol. The highest BCUT2D eigenvalue weighted by atomic mass is 16.5. The van der Waals surface area contributed by atoms with Gasteiger partial charge in [0, 0.05) is 31.1 Å². The number of amides is 2. The highest BCUT2D eigenvalue weighted by Crippen LogP contribution is 2.30. The summed E-state index contributed by atoms with van der Waals surface area (Å²) in [6, 6.07) is -0.0615. The van der Waals surface area contributed by atoms with Gasteiger partial charge in [-0.15, -0.1) is 0 Å². The number of ether oxygens (including phenoxy) is 1. The Morgan fingerprint density at radius 1 is 1.33 bits per heavy atom. The van der Waals surface area contributed by atoms with Crippen LogP contribution in [-0.2, 0) is 14.3 Å². The summed E-state index contributed by atoms with van der Waals surface area (Å²) in [7, 11) is 0. The number of piperidine rings is 1. The summed E-state index contributed by atoms with van der Waals surface area (Å²) in [5.74, 6) is 0.163. The molecule has 2 amide bonds. The van der Waals surface area contributed by atoms with Gasteiger partial charge in [0.1, 0.15) is 0 Å². The first kappa shape index (κ1) is 16.2. The maximum atomic E-state index is 12.6. The molecular formula is C15H27N3O3. The zero-order chi connectivity index (χ0) is 15.6. The zero-order valence-corrected chi connectivity index (χ0v) is 13.2. The van der Waals surface area contributed by atoms with E-state index in [0.717, 1.165) is 12.8 Å². The van der Waals surface area contributed by atoms with E-state index in [9.17, 15) is 9.59 Å². The van der Waals surface area contributed by atoms with Crippen LogP contribution in [0.25, 0.3) is 0 Å². The molecule has 0 aromatic rings. The van der Waals surface area contributed by atoms with Gasteiger partial charge in [-0.05, 0) is 19.8 Å². The first-order valence-corrected chi connectivity index (χ1v) is 7.77. The number of nitrogens with one attached hydrogen (secondary N) is 1. The van der Waals surface area contributed by atoms with Crippen molar-refractivity contribution < 1.29 is 14.3 Å². The van der Waals surface area contributed by atoms with Crippen molar-refractivity contribution in [3.05, 3.63) is 0 Å². The second kappa shape index (κ2) is 6.32. The number of likely N-dealkylation sites (tertiary alicyclic amines) is 1. The first-order chi connectivity index (χ1) is 9.84. The second-order valence-electron chi connectivity index (χ2n) is 6.77. The van der Waals surface area contributed by atoms with Gasteiger partial charge in [-0.3, -0.25) is 9.59 Å². The average molecular weight is 297 g/mol.